The number of likely N-dealkylation sites (tertiary alicyclic amines) is 1. The first-order valence-electron chi connectivity index (χ1n) is 8.02. The number of rotatable bonds is 6. The Morgan fingerprint density at radius 1 is 1.52 bits per heavy atom. The van der Waals surface area contributed by atoms with Gasteiger partial charge in [0, 0.05) is 42.8 Å². The zero-order chi connectivity index (χ0) is 16.2. The highest BCUT2D eigenvalue weighted by atomic mass is 32.1. The number of aryl methyl sites for hydroxylation is 2. The number of hydrogen-bond donors (Lipinski definition) is 1. The molecule has 1 aliphatic rings. The smallest absolute Gasteiger partial charge is 0.222 e. The molecule has 0 bridgehead atoms. The van der Waals surface area contributed by atoms with E-state index in [1.165, 1.54) is 4.88 Å². The lowest BCUT2D eigenvalue weighted by Gasteiger charge is -2.15. The van der Waals surface area contributed by atoms with E-state index in [9.17, 15) is 9.90 Å². The molecule has 1 fully saturated rings. The van der Waals surface area contributed by atoms with Gasteiger partial charge in [-0.25, -0.2) is 0 Å². The average Bonchev–Trinajstić information content (AvgIpc) is 3.23. The van der Waals surface area contributed by atoms with Crippen LogP contribution in [0, 0.1) is 12.8 Å². The summed E-state index contributed by atoms with van der Waals surface area (Å²) in [4.78, 5) is 15.4. The number of nitrogens with zero attached hydrogens (tertiary/aromatic N) is 2. The summed E-state index contributed by atoms with van der Waals surface area (Å²) in [5.74, 6) is 0.944. The quantitative estimate of drug-likeness (QED) is 0.881. The van der Waals surface area contributed by atoms with E-state index in [4.69, 9.17) is 4.52 Å². The molecule has 1 N–H and O–H groups in total. The van der Waals surface area contributed by atoms with E-state index in [-0.39, 0.29) is 11.8 Å². The van der Waals surface area contributed by atoms with E-state index in [1.807, 2.05) is 19.1 Å². The van der Waals surface area contributed by atoms with Crippen molar-refractivity contribution in [3.05, 3.63) is 39.9 Å². The van der Waals surface area contributed by atoms with Crippen LogP contribution in [-0.4, -0.2) is 40.3 Å². The zero-order valence-electron chi connectivity index (χ0n) is 13.3. The van der Waals surface area contributed by atoms with Crippen molar-refractivity contribution in [2.24, 2.45) is 5.92 Å². The summed E-state index contributed by atoms with van der Waals surface area (Å²) in [5, 5.41) is 16.1. The molecule has 1 saturated heterocycles. The Morgan fingerprint density at radius 3 is 3.09 bits per heavy atom. The van der Waals surface area contributed by atoms with Crippen molar-refractivity contribution in [1.29, 1.82) is 0 Å². The van der Waals surface area contributed by atoms with Crippen molar-refractivity contribution in [3.63, 3.8) is 0 Å². The van der Waals surface area contributed by atoms with Crippen molar-refractivity contribution in [1.82, 2.24) is 10.1 Å². The third-order valence-electron chi connectivity index (χ3n) is 4.29. The van der Waals surface area contributed by atoms with E-state index in [2.05, 4.69) is 16.6 Å². The van der Waals surface area contributed by atoms with E-state index < -0.39 is 6.10 Å². The summed E-state index contributed by atoms with van der Waals surface area (Å²) in [6.45, 7) is 2.90. The highest BCUT2D eigenvalue weighted by molar-refractivity contribution is 7.09. The number of aliphatic hydroxyl groups is 1. The van der Waals surface area contributed by atoms with Crippen LogP contribution in [0.15, 0.2) is 28.1 Å². The van der Waals surface area contributed by atoms with Crippen molar-refractivity contribution >= 4 is 17.2 Å². The van der Waals surface area contributed by atoms with Crippen LogP contribution in [0.2, 0.25) is 0 Å². The summed E-state index contributed by atoms with van der Waals surface area (Å²) in [7, 11) is 0. The third-order valence-corrected chi connectivity index (χ3v) is 5.23. The second kappa shape index (κ2) is 7.27. The Bertz CT molecular complexity index is 638. The van der Waals surface area contributed by atoms with Gasteiger partial charge in [0.2, 0.25) is 5.91 Å². The highest BCUT2D eigenvalue weighted by Crippen LogP contribution is 2.23. The number of carbonyl (C=O) groups is 1. The second-order valence-corrected chi connectivity index (χ2v) is 7.23. The number of hydrogen-bond acceptors (Lipinski definition) is 5. The molecule has 0 radical (unpaired) electrons. The number of β-amino-alcohol motifs (C(OH)–C–C–N with tert-alkyl or cyclic N) is 1. The first-order valence-corrected chi connectivity index (χ1v) is 8.90. The minimum atomic E-state index is -0.485. The van der Waals surface area contributed by atoms with Gasteiger partial charge in [0.05, 0.1) is 11.8 Å². The lowest BCUT2D eigenvalue weighted by molar-refractivity contribution is -0.130. The van der Waals surface area contributed by atoms with Gasteiger partial charge in [-0.1, -0.05) is 11.2 Å². The summed E-state index contributed by atoms with van der Waals surface area (Å²) in [5.41, 5.74) is 0.842. The Labute approximate surface area is 139 Å². The number of carbonyl (C=O) groups excluding carboxylic acids is 1. The largest absolute Gasteiger partial charge is 0.391 e. The molecule has 3 heterocycles. The number of aliphatic hydroxyl groups excluding tert-OH is 1. The van der Waals surface area contributed by atoms with Crippen LogP contribution in [0.3, 0.4) is 0 Å². The third kappa shape index (κ3) is 4.20. The van der Waals surface area contributed by atoms with Gasteiger partial charge in [0.25, 0.3) is 0 Å². The van der Waals surface area contributed by atoms with Crippen molar-refractivity contribution in [2.45, 2.75) is 38.7 Å². The van der Waals surface area contributed by atoms with Gasteiger partial charge < -0.3 is 14.5 Å². The fraction of sp³-hybridized carbons (Fsp3) is 0.529. The molecular formula is C17H22N2O3S. The molecular weight excluding hydrogens is 312 g/mol. The molecule has 124 valence electrons. The molecule has 6 heteroatoms. The Kier molecular flexibility index (Phi) is 5.13. The number of thiophene rings is 1. The first kappa shape index (κ1) is 16.2. The Hall–Kier alpha value is -1.66. The SMILES string of the molecule is Cc1cc(C[C@@H]2CN(C(=O)CCCc3cccs3)C[C@@H]2O)on1. The van der Waals surface area contributed by atoms with Crippen LogP contribution in [-0.2, 0) is 17.6 Å². The van der Waals surface area contributed by atoms with Crippen LogP contribution in [0.1, 0.15) is 29.2 Å². The molecule has 0 aliphatic carbocycles. The predicted octanol–water partition coefficient (Wildman–Crippen LogP) is 2.43. The predicted molar refractivity (Wildman–Crippen MR) is 88.3 cm³/mol. The van der Waals surface area contributed by atoms with Crippen LogP contribution in [0.5, 0.6) is 0 Å². The van der Waals surface area contributed by atoms with Crippen molar-refractivity contribution < 1.29 is 14.4 Å². The van der Waals surface area contributed by atoms with Gasteiger partial charge in [-0.05, 0) is 31.2 Å². The average molecular weight is 334 g/mol. The summed E-state index contributed by atoms with van der Waals surface area (Å²) >= 11 is 1.73. The molecule has 0 saturated carbocycles. The van der Waals surface area contributed by atoms with Gasteiger partial charge in [-0.2, -0.15) is 0 Å². The Balaban J connectivity index is 1.46. The van der Waals surface area contributed by atoms with Gasteiger partial charge in [-0.3, -0.25) is 4.79 Å². The zero-order valence-corrected chi connectivity index (χ0v) is 14.1. The second-order valence-electron chi connectivity index (χ2n) is 6.20. The summed E-state index contributed by atoms with van der Waals surface area (Å²) < 4.78 is 5.21. The number of aromatic nitrogens is 1. The van der Waals surface area contributed by atoms with Crippen LogP contribution >= 0.6 is 11.3 Å². The maximum absolute atomic E-state index is 12.3. The van der Waals surface area contributed by atoms with Gasteiger partial charge in [-0.15, -0.1) is 11.3 Å². The minimum Gasteiger partial charge on any atom is -0.391 e. The van der Waals surface area contributed by atoms with E-state index in [0.29, 0.717) is 25.9 Å². The molecule has 3 rings (SSSR count). The lowest BCUT2D eigenvalue weighted by atomic mass is 10.0. The van der Waals surface area contributed by atoms with Crippen LogP contribution < -0.4 is 0 Å². The summed E-state index contributed by atoms with van der Waals surface area (Å²) in [6, 6.07) is 6.02. The maximum Gasteiger partial charge on any atom is 0.222 e. The van der Waals surface area contributed by atoms with Crippen molar-refractivity contribution in [3.8, 4) is 0 Å². The molecule has 2 aromatic heterocycles. The first-order chi connectivity index (χ1) is 11.1. The normalized spacial score (nSPS) is 21.0. The fourth-order valence-electron chi connectivity index (χ4n) is 3.06. The molecule has 2 atom stereocenters. The molecule has 1 aliphatic heterocycles. The highest BCUT2D eigenvalue weighted by Gasteiger charge is 2.34. The molecule has 5 nitrogen and oxygen atoms in total. The van der Waals surface area contributed by atoms with Crippen LogP contribution in [0.4, 0.5) is 0 Å². The monoisotopic (exact) mass is 334 g/mol. The molecule has 0 aromatic carbocycles. The van der Waals surface area contributed by atoms with E-state index >= 15 is 0 Å². The van der Waals surface area contributed by atoms with E-state index in [0.717, 1.165) is 24.3 Å². The van der Waals surface area contributed by atoms with Gasteiger partial charge in [0.1, 0.15) is 5.76 Å². The summed E-state index contributed by atoms with van der Waals surface area (Å²) in [6.07, 6.45) is 2.49. The minimum absolute atomic E-state index is 0.0311. The van der Waals surface area contributed by atoms with Gasteiger partial charge in [0.15, 0.2) is 0 Å². The van der Waals surface area contributed by atoms with Gasteiger partial charge >= 0.3 is 0 Å². The topological polar surface area (TPSA) is 66.6 Å². The van der Waals surface area contributed by atoms with E-state index in [1.54, 1.807) is 16.2 Å². The van der Waals surface area contributed by atoms with Crippen LogP contribution in [0.25, 0.3) is 0 Å². The van der Waals surface area contributed by atoms with Crippen molar-refractivity contribution in [2.75, 3.05) is 13.1 Å². The number of amides is 1. The molecule has 1 amide bonds. The lowest BCUT2D eigenvalue weighted by Crippen LogP contribution is -2.29. The molecule has 2 aromatic rings. The maximum atomic E-state index is 12.3. The molecule has 0 unspecified atom stereocenters. The Morgan fingerprint density at radius 2 is 2.39 bits per heavy atom. The standard InChI is InChI=1S/C17H22N2O3S/c1-12-8-14(22-18-12)9-13-10-19(11-16(13)20)17(21)6-2-4-15-5-3-7-23-15/h3,5,7-8,13,16,20H,2,4,6,9-11H2,1H3/t13-,16+/m1/s1. The molecule has 23 heavy (non-hydrogen) atoms. The fourth-order valence-corrected chi connectivity index (χ4v) is 3.81. The molecule has 0 spiro atoms.